The quantitative estimate of drug-likeness (QED) is 0.765. The van der Waals surface area contributed by atoms with Gasteiger partial charge in [-0.1, -0.05) is 11.6 Å². The molecule has 0 radical (unpaired) electrons. The number of hydrogen-bond donors (Lipinski definition) is 0. The summed E-state index contributed by atoms with van der Waals surface area (Å²) in [6.07, 6.45) is 7.57. The molecule has 0 bridgehead atoms. The van der Waals surface area contributed by atoms with Gasteiger partial charge in [-0.25, -0.2) is 9.97 Å². The first-order valence-corrected chi connectivity index (χ1v) is 5.85. The highest BCUT2D eigenvalue weighted by molar-refractivity contribution is 6.30. The minimum Gasteiger partial charge on any atom is -0.489 e. The van der Waals surface area contributed by atoms with Gasteiger partial charge in [-0.2, -0.15) is 0 Å². The van der Waals surface area contributed by atoms with Crippen molar-refractivity contribution in [3.8, 4) is 5.75 Å². The molecule has 2 aromatic heterocycles. The van der Waals surface area contributed by atoms with E-state index in [1.807, 2.05) is 10.8 Å². The number of rotatable bonds is 5. The molecule has 0 saturated carbocycles. The first kappa shape index (κ1) is 12.6. The highest BCUT2D eigenvalue weighted by atomic mass is 35.5. The third-order valence-electron chi connectivity index (χ3n) is 2.53. The highest BCUT2D eigenvalue weighted by Gasteiger charge is 2.09. The predicted molar refractivity (Wildman–Crippen MR) is 66.9 cm³/mol. The van der Waals surface area contributed by atoms with E-state index in [-0.39, 0.29) is 16.5 Å². The summed E-state index contributed by atoms with van der Waals surface area (Å²) in [5, 5.41) is 0.0911. The second kappa shape index (κ2) is 5.68. The standard InChI is InChI=1S/C11H13ClN4O2/c1-18-9-10(12)14-8-16(11(9)17)5-2-4-15-6-3-13-7-15/h3,6-8H,2,4-5H2,1H3. The Morgan fingerprint density at radius 3 is 2.89 bits per heavy atom. The van der Waals surface area contributed by atoms with E-state index in [9.17, 15) is 4.79 Å². The number of nitrogens with zero attached hydrogens (tertiary/aromatic N) is 4. The van der Waals surface area contributed by atoms with Crippen LogP contribution < -0.4 is 10.3 Å². The third kappa shape index (κ3) is 2.70. The zero-order valence-corrected chi connectivity index (χ0v) is 10.7. The van der Waals surface area contributed by atoms with Gasteiger partial charge in [-0.05, 0) is 6.42 Å². The van der Waals surface area contributed by atoms with Gasteiger partial charge in [0.15, 0.2) is 5.15 Å². The van der Waals surface area contributed by atoms with Crippen LogP contribution in [0.5, 0.6) is 5.75 Å². The molecular weight excluding hydrogens is 256 g/mol. The van der Waals surface area contributed by atoms with Gasteiger partial charge >= 0.3 is 0 Å². The maximum atomic E-state index is 11.9. The third-order valence-corrected chi connectivity index (χ3v) is 2.80. The smallest absolute Gasteiger partial charge is 0.297 e. The summed E-state index contributed by atoms with van der Waals surface area (Å²) in [7, 11) is 1.40. The molecule has 96 valence electrons. The van der Waals surface area contributed by atoms with Crippen molar-refractivity contribution in [1.82, 2.24) is 19.1 Å². The number of hydrogen-bond acceptors (Lipinski definition) is 4. The molecule has 6 nitrogen and oxygen atoms in total. The lowest BCUT2D eigenvalue weighted by atomic mass is 10.4. The molecule has 0 fully saturated rings. The lowest BCUT2D eigenvalue weighted by Gasteiger charge is -2.08. The maximum Gasteiger partial charge on any atom is 0.297 e. The van der Waals surface area contributed by atoms with E-state index in [4.69, 9.17) is 16.3 Å². The molecule has 2 heterocycles. The van der Waals surface area contributed by atoms with E-state index in [2.05, 4.69) is 9.97 Å². The van der Waals surface area contributed by atoms with Gasteiger partial charge < -0.3 is 9.30 Å². The number of halogens is 1. The van der Waals surface area contributed by atoms with Crippen LogP contribution in [0, 0.1) is 0 Å². The summed E-state index contributed by atoms with van der Waals surface area (Å²) in [5.41, 5.74) is -0.261. The second-order valence-corrected chi connectivity index (χ2v) is 4.08. The molecule has 18 heavy (non-hydrogen) atoms. The van der Waals surface area contributed by atoms with Gasteiger partial charge in [0.05, 0.1) is 19.8 Å². The molecule has 0 N–H and O–H groups in total. The van der Waals surface area contributed by atoms with Crippen LogP contribution in [-0.4, -0.2) is 26.2 Å². The molecular formula is C11H13ClN4O2. The minimum atomic E-state index is -0.261. The molecule has 2 rings (SSSR count). The van der Waals surface area contributed by atoms with Crippen LogP contribution in [0.3, 0.4) is 0 Å². The Bertz CT molecular complexity index is 565. The van der Waals surface area contributed by atoms with Crippen LogP contribution in [0.1, 0.15) is 6.42 Å². The fourth-order valence-corrected chi connectivity index (χ4v) is 1.83. The molecule has 0 aliphatic carbocycles. The molecule has 7 heteroatoms. The summed E-state index contributed by atoms with van der Waals surface area (Å²) in [6.45, 7) is 1.34. The zero-order chi connectivity index (χ0) is 13.0. The molecule has 0 aliphatic heterocycles. The van der Waals surface area contributed by atoms with Crippen molar-refractivity contribution in [3.05, 3.63) is 40.6 Å². The summed E-state index contributed by atoms with van der Waals surface area (Å²) in [4.78, 5) is 19.8. The molecule has 0 atom stereocenters. The van der Waals surface area contributed by atoms with E-state index in [1.165, 1.54) is 18.0 Å². The fourth-order valence-electron chi connectivity index (χ4n) is 1.62. The minimum absolute atomic E-state index is 0.0850. The van der Waals surface area contributed by atoms with Gasteiger partial charge in [-0.3, -0.25) is 9.36 Å². The largest absolute Gasteiger partial charge is 0.489 e. The van der Waals surface area contributed by atoms with Crippen LogP contribution >= 0.6 is 11.6 Å². The van der Waals surface area contributed by atoms with Gasteiger partial charge in [-0.15, -0.1) is 0 Å². The number of aromatic nitrogens is 4. The van der Waals surface area contributed by atoms with Gasteiger partial charge in [0.2, 0.25) is 5.75 Å². The molecule has 0 aliphatic rings. The van der Waals surface area contributed by atoms with Crippen molar-refractivity contribution in [2.75, 3.05) is 7.11 Å². The van der Waals surface area contributed by atoms with Crippen LogP contribution in [0.15, 0.2) is 29.8 Å². The maximum absolute atomic E-state index is 11.9. The average Bonchev–Trinajstić information content (AvgIpc) is 2.86. The van der Waals surface area contributed by atoms with Crippen LogP contribution in [0.2, 0.25) is 5.15 Å². The molecule has 0 amide bonds. The number of imidazole rings is 1. The molecule has 2 aromatic rings. The summed E-state index contributed by atoms with van der Waals surface area (Å²) in [6, 6.07) is 0. The summed E-state index contributed by atoms with van der Waals surface area (Å²) < 4.78 is 8.36. The Balaban J connectivity index is 2.04. The van der Waals surface area contributed by atoms with Crippen molar-refractivity contribution < 1.29 is 4.74 Å². The van der Waals surface area contributed by atoms with Gasteiger partial charge in [0.25, 0.3) is 5.56 Å². The highest BCUT2D eigenvalue weighted by Crippen LogP contribution is 2.14. The van der Waals surface area contributed by atoms with E-state index in [0.29, 0.717) is 6.54 Å². The Kier molecular flexibility index (Phi) is 3.99. The van der Waals surface area contributed by atoms with Gasteiger partial charge in [0, 0.05) is 25.5 Å². The molecule has 0 saturated heterocycles. The fraction of sp³-hybridized carbons (Fsp3) is 0.364. The lowest BCUT2D eigenvalue weighted by molar-refractivity contribution is 0.397. The SMILES string of the molecule is COc1c(Cl)ncn(CCCn2ccnc2)c1=O. The topological polar surface area (TPSA) is 61.9 Å². The van der Waals surface area contributed by atoms with E-state index < -0.39 is 0 Å². The number of aryl methyl sites for hydroxylation is 2. The molecule has 0 aromatic carbocycles. The van der Waals surface area contributed by atoms with E-state index in [0.717, 1.165) is 13.0 Å². The van der Waals surface area contributed by atoms with Crippen molar-refractivity contribution in [2.45, 2.75) is 19.5 Å². The summed E-state index contributed by atoms with van der Waals surface area (Å²) >= 11 is 5.76. The normalized spacial score (nSPS) is 10.6. The predicted octanol–water partition coefficient (Wildman–Crippen LogP) is 1.19. The van der Waals surface area contributed by atoms with E-state index in [1.54, 1.807) is 12.5 Å². The lowest BCUT2D eigenvalue weighted by Crippen LogP contribution is -2.22. The molecule has 0 unspecified atom stereocenters. The van der Waals surface area contributed by atoms with Crippen molar-refractivity contribution in [2.24, 2.45) is 0 Å². The Morgan fingerprint density at radius 1 is 1.39 bits per heavy atom. The monoisotopic (exact) mass is 268 g/mol. The van der Waals surface area contributed by atoms with Crippen molar-refractivity contribution >= 4 is 11.6 Å². The first-order valence-electron chi connectivity index (χ1n) is 5.47. The van der Waals surface area contributed by atoms with Crippen molar-refractivity contribution in [1.29, 1.82) is 0 Å². The Morgan fingerprint density at radius 2 is 2.22 bits per heavy atom. The average molecular weight is 269 g/mol. The Hall–Kier alpha value is -1.82. The number of methoxy groups -OCH3 is 1. The zero-order valence-electron chi connectivity index (χ0n) is 9.91. The first-order chi connectivity index (χ1) is 8.72. The summed E-state index contributed by atoms with van der Waals surface area (Å²) in [5.74, 6) is 0.0850. The van der Waals surface area contributed by atoms with Crippen LogP contribution in [-0.2, 0) is 13.1 Å². The van der Waals surface area contributed by atoms with Crippen LogP contribution in [0.25, 0.3) is 0 Å². The second-order valence-electron chi connectivity index (χ2n) is 3.72. The van der Waals surface area contributed by atoms with Crippen LogP contribution in [0.4, 0.5) is 0 Å². The number of ether oxygens (including phenoxy) is 1. The van der Waals surface area contributed by atoms with Gasteiger partial charge in [0.1, 0.15) is 0 Å². The Labute approximate surface area is 109 Å². The van der Waals surface area contributed by atoms with E-state index >= 15 is 0 Å². The molecule has 0 spiro atoms. The van der Waals surface area contributed by atoms with Crippen molar-refractivity contribution in [3.63, 3.8) is 0 Å².